The van der Waals surface area contributed by atoms with Gasteiger partial charge in [-0.3, -0.25) is 10.1 Å². The fourth-order valence-electron chi connectivity index (χ4n) is 1.66. The molecule has 0 N–H and O–H groups in total. The number of nitro groups is 1. The molecule has 0 amide bonds. The second-order valence-corrected chi connectivity index (χ2v) is 4.69. The number of aromatic nitrogens is 3. The molecule has 2 heterocycles. The van der Waals surface area contributed by atoms with Crippen molar-refractivity contribution in [1.29, 1.82) is 0 Å². The normalized spacial score (nSPS) is 10.6. The van der Waals surface area contributed by atoms with E-state index in [1.54, 1.807) is 17.6 Å². The van der Waals surface area contributed by atoms with Crippen LogP contribution in [0.25, 0.3) is 11.5 Å². The monoisotopic (exact) mass is 288 g/mol. The summed E-state index contributed by atoms with van der Waals surface area (Å²) in [5, 5.41) is 16.4. The number of nitrogens with zero attached hydrogens (tertiary/aromatic N) is 4. The van der Waals surface area contributed by atoms with Crippen LogP contribution in [0.4, 0.5) is 5.69 Å². The minimum atomic E-state index is -0.453. The zero-order valence-electron chi connectivity index (χ0n) is 10.1. The first-order valence-corrected chi connectivity index (χ1v) is 6.61. The molecule has 2 aromatic heterocycles. The third-order valence-corrected chi connectivity index (χ3v) is 3.25. The summed E-state index contributed by atoms with van der Waals surface area (Å²) in [5.74, 6) is 0.870. The predicted molar refractivity (Wildman–Crippen MR) is 71.3 cm³/mol. The van der Waals surface area contributed by atoms with Gasteiger partial charge in [-0.25, -0.2) is 4.98 Å². The number of hydrogen-bond acceptors (Lipinski definition) is 7. The summed E-state index contributed by atoms with van der Waals surface area (Å²) in [4.78, 5) is 18.5. The van der Waals surface area contributed by atoms with Gasteiger partial charge in [0.05, 0.1) is 22.5 Å². The van der Waals surface area contributed by atoms with Crippen molar-refractivity contribution in [3.8, 4) is 11.5 Å². The van der Waals surface area contributed by atoms with Gasteiger partial charge in [0.1, 0.15) is 0 Å². The van der Waals surface area contributed by atoms with Gasteiger partial charge >= 0.3 is 0 Å². The van der Waals surface area contributed by atoms with Crippen LogP contribution in [0, 0.1) is 10.1 Å². The third-order valence-electron chi connectivity index (χ3n) is 2.62. The molecule has 100 valence electrons. The van der Waals surface area contributed by atoms with E-state index in [1.807, 2.05) is 5.38 Å². The van der Waals surface area contributed by atoms with Crippen LogP contribution < -0.4 is 0 Å². The van der Waals surface area contributed by atoms with Gasteiger partial charge in [-0.2, -0.15) is 4.98 Å². The Labute approximate surface area is 117 Å². The Morgan fingerprint density at radius 3 is 2.75 bits per heavy atom. The van der Waals surface area contributed by atoms with E-state index in [4.69, 9.17) is 4.52 Å². The minimum Gasteiger partial charge on any atom is -0.334 e. The van der Waals surface area contributed by atoms with Crippen molar-refractivity contribution in [2.24, 2.45) is 0 Å². The highest BCUT2D eigenvalue weighted by molar-refractivity contribution is 7.07. The molecule has 0 spiro atoms. The molecule has 20 heavy (non-hydrogen) atoms. The van der Waals surface area contributed by atoms with E-state index in [0.29, 0.717) is 23.7 Å². The quantitative estimate of drug-likeness (QED) is 0.541. The summed E-state index contributed by atoms with van der Waals surface area (Å²) in [5.41, 5.74) is 3.29. The third kappa shape index (κ3) is 2.54. The van der Waals surface area contributed by atoms with Gasteiger partial charge in [0.15, 0.2) is 5.82 Å². The molecule has 0 bridgehead atoms. The Bertz CT molecular complexity index is 722. The van der Waals surface area contributed by atoms with Crippen LogP contribution in [0.1, 0.15) is 11.5 Å². The Kier molecular flexibility index (Phi) is 3.21. The summed E-state index contributed by atoms with van der Waals surface area (Å²) < 4.78 is 5.14. The lowest BCUT2D eigenvalue weighted by molar-refractivity contribution is -0.384. The molecule has 3 rings (SSSR count). The Balaban J connectivity index is 1.80. The standard InChI is InChI=1S/C12H8N4O3S/c17-16(18)10-3-1-8(2-4-10)12-14-11(15-19-12)5-9-6-20-7-13-9/h1-4,6-7H,5H2. The zero-order chi connectivity index (χ0) is 13.9. The molecule has 0 aliphatic carbocycles. The van der Waals surface area contributed by atoms with Crippen molar-refractivity contribution < 1.29 is 9.45 Å². The van der Waals surface area contributed by atoms with E-state index in [0.717, 1.165) is 5.69 Å². The lowest BCUT2D eigenvalue weighted by atomic mass is 10.2. The molecular formula is C12H8N4O3S. The molecular weight excluding hydrogens is 280 g/mol. The maximum Gasteiger partial charge on any atom is 0.269 e. The first kappa shape index (κ1) is 12.4. The minimum absolute atomic E-state index is 0.0240. The van der Waals surface area contributed by atoms with Crippen LogP contribution in [0.3, 0.4) is 0 Å². The summed E-state index contributed by atoms with van der Waals surface area (Å²) >= 11 is 1.51. The molecule has 0 saturated carbocycles. The van der Waals surface area contributed by atoms with Crippen LogP contribution >= 0.6 is 11.3 Å². The van der Waals surface area contributed by atoms with E-state index in [-0.39, 0.29) is 5.69 Å². The maximum absolute atomic E-state index is 10.6. The van der Waals surface area contributed by atoms with Crippen molar-refractivity contribution in [1.82, 2.24) is 15.1 Å². The predicted octanol–water partition coefficient (Wildman–Crippen LogP) is 2.69. The maximum atomic E-state index is 10.6. The van der Waals surface area contributed by atoms with Gasteiger partial charge in [0.2, 0.25) is 0 Å². The molecule has 0 saturated heterocycles. The fraction of sp³-hybridized carbons (Fsp3) is 0.0833. The average molecular weight is 288 g/mol. The van der Waals surface area contributed by atoms with Crippen molar-refractivity contribution in [2.45, 2.75) is 6.42 Å². The molecule has 0 aliphatic rings. The Hall–Kier alpha value is -2.61. The van der Waals surface area contributed by atoms with Crippen molar-refractivity contribution in [3.05, 3.63) is 56.8 Å². The summed E-state index contributed by atoms with van der Waals surface area (Å²) in [6, 6.07) is 5.97. The first-order valence-electron chi connectivity index (χ1n) is 5.67. The van der Waals surface area contributed by atoms with Gasteiger partial charge in [-0.1, -0.05) is 5.16 Å². The van der Waals surface area contributed by atoms with Crippen LogP contribution in [0.15, 0.2) is 39.7 Å². The number of nitro benzene ring substituents is 1. The van der Waals surface area contributed by atoms with Gasteiger partial charge in [0.25, 0.3) is 11.6 Å². The van der Waals surface area contributed by atoms with E-state index < -0.39 is 4.92 Å². The fourth-order valence-corrected chi connectivity index (χ4v) is 2.21. The highest BCUT2D eigenvalue weighted by Gasteiger charge is 2.12. The van der Waals surface area contributed by atoms with E-state index >= 15 is 0 Å². The van der Waals surface area contributed by atoms with Gasteiger partial charge < -0.3 is 4.52 Å². The van der Waals surface area contributed by atoms with Crippen LogP contribution in [-0.2, 0) is 6.42 Å². The average Bonchev–Trinajstić information content (AvgIpc) is 3.11. The Morgan fingerprint density at radius 2 is 2.10 bits per heavy atom. The molecule has 7 nitrogen and oxygen atoms in total. The number of rotatable bonds is 4. The lowest BCUT2D eigenvalue weighted by Crippen LogP contribution is -1.90. The molecule has 0 aliphatic heterocycles. The Morgan fingerprint density at radius 1 is 1.30 bits per heavy atom. The van der Waals surface area contributed by atoms with Gasteiger partial charge in [-0.15, -0.1) is 11.3 Å². The first-order chi connectivity index (χ1) is 9.72. The van der Waals surface area contributed by atoms with E-state index in [1.165, 1.54) is 23.5 Å². The van der Waals surface area contributed by atoms with E-state index in [2.05, 4.69) is 15.1 Å². The van der Waals surface area contributed by atoms with Gasteiger partial charge in [-0.05, 0) is 12.1 Å². The highest BCUT2D eigenvalue weighted by Crippen LogP contribution is 2.21. The van der Waals surface area contributed by atoms with Crippen LogP contribution in [0.5, 0.6) is 0 Å². The largest absolute Gasteiger partial charge is 0.334 e. The number of hydrogen-bond donors (Lipinski definition) is 0. The van der Waals surface area contributed by atoms with Gasteiger partial charge in [0, 0.05) is 23.1 Å². The molecule has 8 heteroatoms. The molecule has 0 fully saturated rings. The van der Waals surface area contributed by atoms with Crippen LogP contribution in [-0.4, -0.2) is 20.0 Å². The van der Waals surface area contributed by atoms with Crippen molar-refractivity contribution in [3.63, 3.8) is 0 Å². The second-order valence-electron chi connectivity index (χ2n) is 3.98. The second kappa shape index (κ2) is 5.17. The molecule has 3 aromatic rings. The number of benzene rings is 1. The summed E-state index contributed by atoms with van der Waals surface area (Å²) in [6.07, 6.45) is 0.500. The number of thiazole rings is 1. The zero-order valence-corrected chi connectivity index (χ0v) is 10.9. The molecule has 1 aromatic carbocycles. The van der Waals surface area contributed by atoms with Crippen molar-refractivity contribution in [2.75, 3.05) is 0 Å². The number of non-ortho nitro benzene ring substituents is 1. The van der Waals surface area contributed by atoms with Crippen molar-refractivity contribution >= 4 is 17.0 Å². The van der Waals surface area contributed by atoms with Crippen LogP contribution in [0.2, 0.25) is 0 Å². The summed E-state index contributed by atoms with van der Waals surface area (Å²) in [7, 11) is 0. The SMILES string of the molecule is O=[N+]([O-])c1ccc(-c2nc(Cc3cscn3)no2)cc1. The molecule has 0 atom stereocenters. The highest BCUT2D eigenvalue weighted by atomic mass is 32.1. The lowest BCUT2D eigenvalue weighted by Gasteiger charge is -1.93. The van der Waals surface area contributed by atoms with E-state index in [9.17, 15) is 10.1 Å². The summed E-state index contributed by atoms with van der Waals surface area (Å²) in [6.45, 7) is 0. The smallest absolute Gasteiger partial charge is 0.269 e. The molecule has 0 radical (unpaired) electrons. The molecule has 0 unspecified atom stereocenters. The topological polar surface area (TPSA) is 95.0 Å².